The highest BCUT2D eigenvalue weighted by molar-refractivity contribution is 7.90. The summed E-state index contributed by atoms with van der Waals surface area (Å²) in [5, 5.41) is 0.0284. The van der Waals surface area contributed by atoms with E-state index in [2.05, 4.69) is 19.9 Å². The molecule has 0 aliphatic carbocycles. The Morgan fingerprint density at radius 2 is 1.95 bits per heavy atom. The summed E-state index contributed by atoms with van der Waals surface area (Å²) in [6, 6.07) is 1.16. The highest BCUT2D eigenvalue weighted by Gasteiger charge is 2.17. The molecule has 0 atom stereocenters. The van der Waals surface area contributed by atoms with Gasteiger partial charge in [-0.15, -0.1) is 0 Å². The normalized spacial score (nSPS) is 12.3. The number of halogens is 1. The number of nitrogens with one attached hydrogen (secondary N) is 3. The zero-order valence-electron chi connectivity index (χ0n) is 11.1. The molecule has 0 aliphatic rings. The number of anilines is 1. The van der Waals surface area contributed by atoms with Crippen LogP contribution in [0.4, 0.5) is 5.82 Å². The minimum Gasteiger partial charge on any atom is -0.307 e. The maximum Gasteiger partial charge on any atom is 0.242 e. The Labute approximate surface area is 128 Å². The molecule has 21 heavy (non-hydrogen) atoms. The molecular formula is C9H16ClN5O4S2. The quantitative estimate of drug-likeness (QED) is 0.353. The van der Waals surface area contributed by atoms with Gasteiger partial charge in [0.25, 0.3) is 0 Å². The molecule has 0 bridgehead atoms. The molecule has 0 fully saturated rings. The van der Waals surface area contributed by atoms with Crippen LogP contribution in [0.3, 0.4) is 0 Å². The molecule has 0 saturated carbocycles. The monoisotopic (exact) mass is 357 g/mol. The van der Waals surface area contributed by atoms with Gasteiger partial charge in [0.05, 0.1) is 10.8 Å². The van der Waals surface area contributed by atoms with Crippen molar-refractivity contribution in [3.05, 3.63) is 17.3 Å². The SMILES string of the molecule is CCNS(=O)(=O)CCNS(=O)(=O)c1cnc(NN)c(Cl)c1. The second-order valence-electron chi connectivity index (χ2n) is 3.86. The largest absolute Gasteiger partial charge is 0.307 e. The fraction of sp³-hybridized carbons (Fsp3) is 0.444. The average molecular weight is 358 g/mol. The second-order valence-corrected chi connectivity index (χ2v) is 7.96. The first-order valence-corrected chi connectivity index (χ1v) is 9.32. The van der Waals surface area contributed by atoms with Gasteiger partial charge >= 0.3 is 0 Å². The van der Waals surface area contributed by atoms with E-state index in [1.165, 1.54) is 0 Å². The number of nitrogens with two attached hydrogens (primary N) is 1. The van der Waals surface area contributed by atoms with Crippen LogP contribution >= 0.6 is 11.6 Å². The lowest BCUT2D eigenvalue weighted by Crippen LogP contribution is -2.34. The highest BCUT2D eigenvalue weighted by atomic mass is 35.5. The van der Waals surface area contributed by atoms with Crippen molar-refractivity contribution in [2.24, 2.45) is 5.84 Å². The summed E-state index contributed by atoms with van der Waals surface area (Å²) in [6.07, 6.45) is 1.06. The van der Waals surface area contributed by atoms with Crippen molar-refractivity contribution in [2.75, 3.05) is 24.3 Å². The second kappa shape index (κ2) is 7.33. The van der Waals surface area contributed by atoms with Gasteiger partial charge in [-0.05, 0) is 6.07 Å². The number of hydrogen-bond donors (Lipinski definition) is 4. The molecule has 0 saturated heterocycles. The van der Waals surface area contributed by atoms with Gasteiger partial charge < -0.3 is 5.43 Å². The first kappa shape index (κ1) is 18.1. The topological polar surface area (TPSA) is 143 Å². The summed E-state index contributed by atoms with van der Waals surface area (Å²) in [4.78, 5) is 3.54. The van der Waals surface area contributed by atoms with Gasteiger partial charge in [-0.2, -0.15) is 0 Å². The fourth-order valence-electron chi connectivity index (χ4n) is 1.36. The van der Waals surface area contributed by atoms with Crippen LogP contribution in [0.1, 0.15) is 6.92 Å². The minimum atomic E-state index is -3.90. The van der Waals surface area contributed by atoms with Crippen LogP contribution in [0.15, 0.2) is 17.2 Å². The van der Waals surface area contributed by atoms with Crippen LogP contribution in [0.5, 0.6) is 0 Å². The van der Waals surface area contributed by atoms with Crippen molar-refractivity contribution in [3.8, 4) is 0 Å². The molecule has 0 aliphatic heterocycles. The van der Waals surface area contributed by atoms with Crippen LogP contribution < -0.4 is 20.7 Å². The number of aromatic nitrogens is 1. The van der Waals surface area contributed by atoms with Crippen molar-refractivity contribution in [2.45, 2.75) is 11.8 Å². The Kier molecular flexibility index (Phi) is 6.31. The van der Waals surface area contributed by atoms with Crippen molar-refractivity contribution >= 4 is 37.5 Å². The molecule has 0 amide bonds. The fourth-order valence-corrected chi connectivity index (χ4v) is 3.73. The third-order valence-electron chi connectivity index (χ3n) is 2.29. The zero-order chi connectivity index (χ0) is 16.1. The summed E-state index contributed by atoms with van der Waals surface area (Å²) >= 11 is 5.78. The van der Waals surface area contributed by atoms with E-state index in [-0.39, 0.29) is 34.6 Å². The van der Waals surface area contributed by atoms with Gasteiger partial charge in [-0.25, -0.2) is 37.1 Å². The lowest BCUT2D eigenvalue weighted by molar-refractivity contribution is 0.576. The number of rotatable bonds is 8. The Morgan fingerprint density at radius 3 is 2.48 bits per heavy atom. The van der Waals surface area contributed by atoms with Crippen molar-refractivity contribution in [1.29, 1.82) is 0 Å². The molecule has 1 aromatic rings. The Balaban J connectivity index is 2.76. The third-order valence-corrected chi connectivity index (χ3v) is 5.48. The molecule has 12 heteroatoms. The summed E-state index contributed by atoms with van der Waals surface area (Å²) < 4.78 is 51.1. The first-order chi connectivity index (χ1) is 9.72. The van der Waals surface area contributed by atoms with E-state index < -0.39 is 20.0 Å². The highest BCUT2D eigenvalue weighted by Crippen LogP contribution is 2.21. The standard InChI is InChI=1S/C9H16ClN5O4S2/c1-2-13-20(16,17)4-3-14-21(18,19)7-5-8(10)9(15-11)12-6-7/h5-6,13-14H,2-4,11H2,1H3,(H,12,15). The van der Waals surface area contributed by atoms with E-state index in [0.717, 1.165) is 12.3 Å². The predicted octanol–water partition coefficient (Wildman–Crippen LogP) is -0.762. The molecule has 9 nitrogen and oxygen atoms in total. The van der Waals surface area contributed by atoms with E-state index in [4.69, 9.17) is 17.4 Å². The van der Waals surface area contributed by atoms with Gasteiger partial charge in [0, 0.05) is 19.3 Å². The lowest BCUT2D eigenvalue weighted by Gasteiger charge is -2.09. The van der Waals surface area contributed by atoms with E-state index in [0.29, 0.717) is 0 Å². The molecule has 1 aromatic heterocycles. The lowest BCUT2D eigenvalue weighted by atomic mass is 10.5. The molecule has 0 aromatic carbocycles. The summed E-state index contributed by atoms with van der Waals surface area (Å²) in [5.74, 6) is 4.89. The summed E-state index contributed by atoms with van der Waals surface area (Å²) in [6.45, 7) is 1.59. The van der Waals surface area contributed by atoms with Gasteiger partial charge in [-0.3, -0.25) is 0 Å². The molecular weight excluding hydrogens is 342 g/mol. The van der Waals surface area contributed by atoms with Crippen LogP contribution in [0.25, 0.3) is 0 Å². The number of hydrazine groups is 1. The van der Waals surface area contributed by atoms with Crippen LogP contribution in [-0.4, -0.2) is 40.7 Å². The Bertz CT molecular complexity index is 692. The van der Waals surface area contributed by atoms with E-state index in [1.807, 2.05) is 0 Å². The molecule has 0 unspecified atom stereocenters. The van der Waals surface area contributed by atoms with Gasteiger partial charge in [0.15, 0.2) is 5.82 Å². The van der Waals surface area contributed by atoms with Gasteiger partial charge in [-0.1, -0.05) is 18.5 Å². The van der Waals surface area contributed by atoms with Gasteiger partial charge in [0.2, 0.25) is 20.0 Å². The molecule has 1 rings (SSSR count). The molecule has 5 N–H and O–H groups in total. The van der Waals surface area contributed by atoms with Crippen LogP contribution in [-0.2, 0) is 20.0 Å². The van der Waals surface area contributed by atoms with Crippen LogP contribution in [0.2, 0.25) is 5.02 Å². The first-order valence-electron chi connectivity index (χ1n) is 5.81. The number of nitrogen functional groups attached to an aromatic ring is 1. The Hall–Kier alpha value is -0.980. The van der Waals surface area contributed by atoms with Crippen molar-refractivity contribution < 1.29 is 16.8 Å². The Morgan fingerprint density at radius 1 is 1.29 bits per heavy atom. The molecule has 120 valence electrons. The third kappa shape index (κ3) is 5.37. The van der Waals surface area contributed by atoms with Crippen molar-refractivity contribution in [3.63, 3.8) is 0 Å². The maximum atomic E-state index is 12.0. The van der Waals surface area contributed by atoms with Gasteiger partial charge in [0.1, 0.15) is 4.90 Å². The molecule has 1 heterocycles. The summed E-state index contributed by atoms with van der Waals surface area (Å²) in [5.41, 5.74) is 2.21. The molecule has 0 radical (unpaired) electrons. The smallest absolute Gasteiger partial charge is 0.242 e. The minimum absolute atomic E-state index is 0.0284. The molecule has 0 spiro atoms. The summed E-state index contributed by atoms with van der Waals surface area (Å²) in [7, 11) is -7.40. The number of sulfonamides is 2. The number of hydrogen-bond acceptors (Lipinski definition) is 7. The maximum absolute atomic E-state index is 12.0. The van der Waals surface area contributed by atoms with E-state index in [1.54, 1.807) is 6.92 Å². The zero-order valence-corrected chi connectivity index (χ0v) is 13.5. The van der Waals surface area contributed by atoms with Crippen molar-refractivity contribution in [1.82, 2.24) is 14.4 Å². The number of pyridine rings is 1. The van der Waals surface area contributed by atoms with E-state index >= 15 is 0 Å². The number of nitrogens with zero attached hydrogens (tertiary/aromatic N) is 1. The van der Waals surface area contributed by atoms with Crippen LogP contribution in [0, 0.1) is 0 Å². The average Bonchev–Trinajstić information content (AvgIpc) is 2.37. The predicted molar refractivity (Wildman–Crippen MR) is 79.7 cm³/mol. The van der Waals surface area contributed by atoms with E-state index in [9.17, 15) is 16.8 Å².